The SMILES string of the molecule is CCCC(NCCCN=C(C)N)c1ccc(-n2cc3cc(-c4cc(CCCC(N)CC#N)cc(Cl)c4F)[nH]c3nc2=O)cc1. The third kappa shape index (κ3) is 8.53. The van der Waals surface area contributed by atoms with Crippen LogP contribution in [0.5, 0.6) is 0 Å². The lowest BCUT2D eigenvalue weighted by Gasteiger charge is -2.19. The van der Waals surface area contributed by atoms with Gasteiger partial charge in [0.05, 0.1) is 34.7 Å². The first-order valence-corrected chi connectivity index (χ1v) is 15.4. The highest BCUT2D eigenvalue weighted by Gasteiger charge is 2.16. The Balaban J connectivity index is 1.54. The Hall–Kier alpha value is -4.04. The van der Waals surface area contributed by atoms with Crippen LogP contribution in [-0.4, -0.2) is 39.5 Å². The van der Waals surface area contributed by atoms with Gasteiger partial charge in [0.1, 0.15) is 5.65 Å². The third-order valence-corrected chi connectivity index (χ3v) is 7.79. The van der Waals surface area contributed by atoms with Gasteiger partial charge in [-0.2, -0.15) is 10.2 Å². The van der Waals surface area contributed by atoms with E-state index in [4.69, 9.17) is 28.3 Å². The van der Waals surface area contributed by atoms with E-state index in [0.29, 0.717) is 59.6 Å². The second-order valence-electron chi connectivity index (χ2n) is 11.1. The Morgan fingerprint density at radius 3 is 2.70 bits per heavy atom. The first-order chi connectivity index (χ1) is 21.2. The molecule has 44 heavy (non-hydrogen) atoms. The highest BCUT2D eigenvalue weighted by atomic mass is 35.5. The molecule has 2 unspecified atom stereocenters. The molecule has 2 aromatic heterocycles. The number of halogens is 2. The van der Waals surface area contributed by atoms with E-state index in [1.54, 1.807) is 31.3 Å². The molecule has 9 nitrogen and oxygen atoms in total. The second-order valence-corrected chi connectivity index (χ2v) is 11.5. The van der Waals surface area contributed by atoms with E-state index in [0.717, 1.165) is 43.4 Å². The van der Waals surface area contributed by atoms with Crippen LogP contribution >= 0.6 is 11.6 Å². The number of amidine groups is 1. The predicted octanol–water partition coefficient (Wildman–Crippen LogP) is 5.93. The van der Waals surface area contributed by atoms with Crippen LogP contribution < -0.4 is 22.5 Å². The van der Waals surface area contributed by atoms with Crippen molar-refractivity contribution in [2.45, 2.75) is 70.9 Å². The number of aryl methyl sites for hydroxylation is 1. The molecule has 0 spiro atoms. The number of nitrogens with one attached hydrogen (secondary N) is 2. The first-order valence-electron chi connectivity index (χ1n) is 15.0. The largest absolute Gasteiger partial charge is 0.388 e. The van der Waals surface area contributed by atoms with Crippen LogP contribution in [0.3, 0.4) is 0 Å². The van der Waals surface area contributed by atoms with E-state index in [9.17, 15) is 4.79 Å². The topological polar surface area (TPSA) is 151 Å². The smallest absolute Gasteiger partial charge is 0.354 e. The monoisotopic (exact) mass is 618 g/mol. The molecular formula is C33H40ClFN8O. The molecule has 0 bridgehead atoms. The summed E-state index contributed by atoms with van der Waals surface area (Å²) < 4.78 is 16.7. The van der Waals surface area contributed by atoms with Gasteiger partial charge >= 0.3 is 5.69 Å². The van der Waals surface area contributed by atoms with Crippen LogP contribution in [0.2, 0.25) is 5.02 Å². The number of hydrogen-bond acceptors (Lipinski definition) is 6. The Labute approximate surface area is 262 Å². The Bertz CT molecular complexity index is 1690. The third-order valence-electron chi connectivity index (χ3n) is 7.52. The molecule has 4 rings (SSSR count). The standard InChI is InChI=1S/C33H40ClFN8O/c1-3-6-29(40-16-5-15-39-21(2)37)23-9-11-26(12-10-23)43-20-24-19-30(41-32(24)42-33(43)44)27-17-22(18-28(34)31(27)35)7-4-8-25(38)13-14-36/h9-12,17-20,25,29,40H,3-8,13,15-16,38H2,1-2H3,(H2,37,39)(H,41,42,44). The molecule has 6 N–H and O–H groups in total. The summed E-state index contributed by atoms with van der Waals surface area (Å²) in [5.41, 5.74) is 14.9. The number of H-pyrrole nitrogens is 1. The van der Waals surface area contributed by atoms with E-state index in [1.165, 1.54) is 4.57 Å². The lowest BCUT2D eigenvalue weighted by molar-refractivity contribution is 0.490. The van der Waals surface area contributed by atoms with Crippen molar-refractivity contribution in [3.63, 3.8) is 0 Å². The van der Waals surface area contributed by atoms with Gasteiger partial charge in [-0.25, -0.2) is 9.18 Å². The van der Waals surface area contributed by atoms with E-state index in [1.807, 2.05) is 24.3 Å². The quantitative estimate of drug-likeness (QED) is 0.0736. The van der Waals surface area contributed by atoms with Crippen molar-refractivity contribution in [2.75, 3.05) is 13.1 Å². The minimum Gasteiger partial charge on any atom is -0.388 e. The van der Waals surface area contributed by atoms with Gasteiger partial charge in [0.25, 0.3) is 0 Å². The Morgan fingerprint density at radius 2 is 2.00 bits per heavy atom. The lowest BCUT2D eigenvalue weighted by atomic mass is 10.0. The van der Waals surface area contributed by atoms with Crippen LogP contribution in [0.4, 0.5) is 4.39 Å². The van der Waals surface area contributed by atoms with Crippen molar-refractivity contribution in [3.8, 4) is 23.0 Å². The van der Waals surface area contributed by atoms with Gasteiger partial charge in [-0.1, -0.05) is 37.1 Å². The summed E-state index contributed by atoms with van der Waals surface area (Å²) in [6.45, 7) is 5.46. The molecule has 0 saturated carbocycles. The molecule has 11 heteroatoms. The molecule has 2 heterocycles. The summed E-state index contributed by atoms with van der Waals surface area (Å²) >= 11 is 6.26. The maximum atomic E-state index is 15.2. The summed E-state index contributed by atoms with van der Waals surface area (Å²) in [5, 5.41) is 13.1. The molecule has 0 fully saturated rings. The van der Waals surface area contributed by atoms with Gasteiger partial charge in [-0.15, -0.1) is 0 Å². The van der Waals surface area contributed by atoms with Gasteiger partial charge in [0, 0.05) is 35.8 Å². The zero-order valence-electron chi connectivity index (χ0n) is 25.2. The van der Waals surface area contributed by atoms with Crippen LogP contribution in [0.1, 0.15) is 69.5 Å². The van der Waals surface area contributed by atoms with Crippen molar-refractivity contribution in [3.05, 3.63) is 81.1 Å². The Kier molecular flexibility index (Phi) is 11.7. The number of aromatic nitrogens is 3. The zero-order chi connectivity index (χ0) is 31.6. The summed E-state index contributed by atoms with van der Waals surface area (Å²) in [4.78, 5) is 24.6. The molecular weight excluding hydrogens is 579 g/mol. The van der Waals surface area contributed by atoms with E-state index in [-0.39, 0.29) is 17.1 Å². The fourth-order valence-corrected chi connectivity index (χ4v) is 5.49. The fourth-order valence-electron chi connectivity index (χ4n) is 5.25. The van der Waals surface area contributed by atoms with Gasteiger partial charge in [-0.05, 0) is 87.0 Å². The summed E-state index contributed by atoms with van der Waals surface area (Å²) in [5.74, 6) is 0.0445. The summed E-state index contributed by atoms with van der Waals surface area (Å²) in [6.07, 6.45) is 6.98. The number of hydrogen-bond donors (Lipinski definition) is 4. The molecule has 0 saturated heterocycles. The van der Waals surface area contributed by atoms with E-state index in [2.05, 4.69) is 33.3 Å². The average Bonchev–Trinajstić information content (AvgIpc) is 3.40. The minimum absolute atomic E-state index is 0.0140. The van der Waals surface area contributed by atoms with Crippen molar-refractivity contribution < 1.29 is 4.39 Å². The maximum Gasteiger partial charge on any atom is 0.354 e. The van der Waals surface area contributed by atoms with Crippen LogP contribution in [0.25, 0.3) is 28.0 Å². The molecule has 232 valence electrons. The van der Waals surface area contributed by atoms with Crippen molar-refractivity contribution in [1.29, 1.82) is 5.26 Å². The number of aromatic amines is 1. The number of nitrogens with zero attached hydrogens (tertiary/aromatic N) is 4. The lowest BCUT2D eigenvalue weighted by Crippen LogP contribution is -2.23. The first kappa shape index (κ1) is 32.9. The predicted molar refractivity (Wildman–Crippen MR) is 176 cm³/mol. The number of rotatable bonds is 15. The number of aliphatic imine (C=N–C) groups is 1. The Morgan fingerprint density at radius 1 is 1.23 bits per heavy atom. The molecule has 0 radical (unpaired) electrons. The number of nitrogens with two attached hydrogens (primary N) is 2. The summed E-state index contributed by atoms with van der Waals surface area (Å²) in [6, 6.07) is 15.1. The van der Waals surface area contributed by atoms with Gasteiger partial charge in [-0.3, -0.25) is 9.56 Å². The average molecular weight is 619 g/mol. The number of nitriles is 1. The molecule has 2 atom stereocenters. The normalized spacial score (nSPS) is 13.2. The van der Waals surface area contributed by atoms with Crippen molar-refractivity contribution >= 4 is 28.5 Å². The second kappa shape index (κ2) is 15.6. The van der Waals surface area contributed by atoms with Crippen LogP contribution in [0.15, 0.2) is 58.4 Å². The van der Waals surface area contributed by atoms with Gasteiger partial charge < -0.3 is 21.8 Å². The molecule has 0 aliphatic rings. The maximum absolute atomic E-state index is 15.2. The van der Waals surface area contributed by atoms with E-state index < -0.39 is 11.5 Å². The van der Waals surface area contributed by atoms with Gasteiger partial charge in [0.15, 0.2) is 5.82 Å². The van der Waals surface area contributed by atoms with Crippen LogP contribution in [-0.2, 0) is 6.42 Å². The van der Waals surface area contributed by atoms with Crippen LogP contribution in [0, 0.1) is 17.1 Å². The van der Waals surface area contributed by atoms with Crippen molar-refractivity contribution in [2.24, 2.45) is 16.5 Å². The molecule has 0 aliphatic carbocycles. The zero-order valence-corrected chi connectivity index (χ0v) is 26.0. The number of benzene rings is 2. The van der Waals surface area contributed by atoms with E-state index >= 15 is 4.39 Å². The highest BCUT2D eigenvalue weighted by Crippen LogP contribution is 2.31. The number of fused-ring (bicyclic) bond motifs is 1. The molecule has 4 aromatic rings. The van der Waals surface area contributed by atoms with Gasteiger partial charge in [0.2, 0.25) is 0 Å². The highest BCUT2D eigenvalue weighted by molar-refractivity contribution is 6.31. The summed E-state index contributed by atoms with van der Waals surface area (Å²) in [7, 11) is 0. The molecule has 2 aromatic carbocycles. The minimum atomic E-state index is -0.550. The molecule has 0 aliphatic heterocycles. The fraction of sp³-hybridized carbons (Fsp3) is 0.394. The molecule has 0 amide bonds. The van der Waals surface area contributed by atoms with Crippen molar-refractivity contribution in [1.82, 2.24) is 19.9 Å².